The Labute approximate surface area is 139 Å². The molecule has 1 fully saturated rings. The minimum absolute atomic E-state index is 0.00457. The zero-order chi connectivity index (χ0) is 17.0. The molecule has 1 atom stereocenters. The number of nitrogens with zero attached hydrogens (tertiary/aromatic N) is 2. The van der Waals surface area contributed by atoms with E-state index in [1.165, 1.54) is 19.2 Å². The molecule has 0 spiro atoms. The number of carbonyl (C=O) groups excluding carboxylic acids is 1. The molecule has 23 heavy (non-hydrogen) atoms. The number of carbonyl (C=O) groups is 1. The molecule has 8 heteroatoms. The van der Waals surface area contributed by atoms with Crippen LogP contribution in [0.2, 0.25) is 5.02 Å². The van der Waals surface area contributed by atoms with E-state index in [1.54, 1.807) is 7.11 Å². The van der Waals surface area contributed by atoms with E-state index in [1.807, 2.05) is 4.90 Å². The number of ether oxygens (including phenoxy) is 2. The monoisotopic (exact) mass is 342 g/mol. The summed E-state index contributed by atoms with van der Waals surface area (Å²) in [5.74, 6) is -0.382. The number of methoxy groups -OCH3 is 2. The smallest absolute Gasteiger partial charge is 0.339 e. The van der Waals surface area contributed by atoms with Crippen LogP contribution < -0.4 is 4.90 Å². The summed E-state index contributed by atoms with van der Waals surface area (Å²) in [6.45, 7) is 1.97. The van der Waals surface area contributed by atoms with Crippen LogP contribution in [-0.4, -0.2) is 44.8 Å². The summed E-state index contributed by atoms with van der Waals surface area (Å²) in [5, 5.41) is 11.5. The van der Waals surface area contributed by atoms with Gasteiger partial charge in [-0.1, -0.05) is 11.6 Å². The van der Waals surface area contributed by atoms with Crippen LogP contribution in [0.15, 0.2) is 12.1 Å². The molecule has 1 aliphatic heterocycles. The van der Waals surface area contributed by atoms with Crippen LogP contribution in [0.3, 0.4) is 0 Å². The van der Waals surface area contributed by atoms with E-state index in [0.717, 1.165) is 12.8 Å². The fourth-order valence-corrected chi connectivity index (χ4v) is 3.11. The lowest BCUT2D eigenvalue weighted by atomic mass is 9.98. The molecule has 0 aliphatic carbocycles. The van der Waals surface area contributed by atoms with Crippen LogP contribution in [-0.2, 0) is 9.47 Å². The van der Waals surface area contributed by atoms with Crippen LogP contribution >= 0.6 is 11.6 Å². The number of halogens is 1. The molecule has 1 saturated heterocycles. The third-order valence-electron chi connectivity index (χ3n) is 3.93. The average Bonchev–Trinajstić information content (AvgIpc) is 2.54. The molecule has 1 aromatic rings. The number of benzene rings is 1. The molecule has 1 aromatic carbocycles. The van der Waals surface area contributed by atoms with Crippen molar-refractivity contribution >= 4 is 28.9 Å². The predicted octanol–water partition coefficient (Wildman–Crippen LogP) is 2.90. The number of nitro groups is 1. The summed E-state index contributed by atoms with van der Waals surface area (Å²) in [5.41, 5.74) is 0.274. The molecular weight excluding hydrogens is 324 g/mol. The van der Waals surface area contributed by atoms with Crippen LogP contribution in [0, 0.1) is 16.0 Å². The van der Waals surface area contributed by atoms with Gasteiger partial charge in [0.15, 0.2) is 0 Å². The van der Waals surface area contributed by atoms with Gasteiger partial charge in [0.2, 0.25) is 0 Å². The molecule has 7 nitrogen and oxygen atoms in total. The van der Waals surface area contributed by atoms with Crippen molar-refractivity contribution in [3.63, 3.8) is 0 Å². The second-order valence-corrected chi connectivity index (χ2v) is 5.89. The maximum absolute atomic E-state index is 11.7. The summed E-state index contributed by atoms with van der Waals surface area (Å²) >= 11 is 6.12. The van der Waals surface area contributed by atoms with Crippen molar-refractivity contribution in [2.24, 2.45) is 5.92 Å². The van der Waals surface area contributed by atoms with E-state index in [9.17, 15) is 14.9 Å². The molecule has 0 bridgehead atoms. The van der Waals surface area contributed by atoms with E-state index in [4.69, 9.17) is 16.3 Å². The Kier molecular flexibility index (Phi) is 5.79. The van der Waals surface area contributed by atoms with Crippen molar-refractivity contribution in [1.29, 1.82) is 0 Å². The fraction of sp³-hybridized carbons (Fsp3) is 0.533. The van der Waals surface area contributed by atoms with Gasteiger partial charge in [0.05, 0.1) is 29.2 Å². The van der Waals surface area contributed by atoms with Gasteiger partial charge in [-0.15, -0.1) is 0 Å². The first-order chi connectivity index (χ1) is 11.0. The Morgan fingerprint density at radius 3 is 2.83 bits per heavy atom. The van der Waals surface area contributed by atoms with E-state index in [2.05, 4.69) is 4.74 Å². The van der Waals surface area contributed by atoms with Gasteiger partial charge in [-0.2, -0.15) is 0 Å². The number of piperidine rings is 1. The van der Waals surface area contributed by atoms with Gasteiger partial charge in [-0.05, 0) is 24.8 Å². The predicted molar refractivity (Wildman–Crippen MR) is 86.3 cm³/mol. The van der Waals surface area contributed by atoms with Gasteiger partial charge in [0.1, 0.15) is 5.69 Å². The summed E-state index contributed by atoms with van der Waals surface area (Å²) in [6.07, 6.45) is 1.94. The van der Waals surface area contributed by atoms with Crippen molar-refractivity contribution in [3.8, 4) is 0 Å². The highest BCUT2D eigenvalue weighted by molar-refractivity contribution is 6.34. The Morgan fingerprint density at radius 2 is 2.22 bits per heavy atom. The van der Waals surface area contributed by atoms with Crippen LogP contribution in [0.1, 0.15) is 23.2 Å². The summed E-state index contributed by atoms with van der Waals surface area (Å²) in [7, 11) is 2.85. The maximum atomic E-state index is 11.7. The topological polar surface area (TPSA) is 81.9 Å². The molecule has 1 aliphatic rings. The zero-order valence-electron chi connectivity index (χ0n) is 13.1. The molecule has 0 saturated carbocycles. The lowest BCUT2D eigenvalue weighted by Gasteiger charge is -2.33. The van der Waals surface area contributed by atoms with Crippen molar-refractivity contribution in [2.45, 2.75) is 12.8 Å². The summed E-state index contributed by atoms with van der Waals surface area (Å²) in [4.78, 5) is 24.5. The van der Waals surface area contributed by atoms with Gasteiger partial charge in [0.25, 0.3) is 5.69 Å². The minimum Gasteiger partial charge on any atom is -0.465 e. The molecule has 0 N–H and O–H groups in total. The number of hydrogen-bond donors (Lipinski definition) is 0. The van der Waals surface area contributed by atoms with Gasteiger partial charge >= 0.3 is 5.97 Å². The zero-order valence-corrected chi connectivity index (χ0v) is 13.8. The fourth-order valence-electron chi connectivity index (χ4n) is 2.87. The average molecular weight is 343 g/mol. The SMILES string of the molecule is COCC1CCCN(c2cc(Cl)c(C(=O)OC)cc2[N+](=O)[O-])C1. The van der Waals surface area contributed by atoms with E-state index >= 15 is 0 Å². The van der Waals surface area contributed by atoms with E-state index in [-0.39, 0.29) is 16.3 Å². The molecule has 126 valence electrons. The third kappa shape index (κ3) is 3.92. The van der Waals surface area contributed by atoms with Crippen molar-refractivity contribution < 1.29 is 19.2 Å². The number of hydrogen-bond acceptors (Lipinski definition) is 6. The molecular formula is C15H19ClN2O5. The maximum Gasteiger partial charge on any atom is 0.339 e. The summed E-state index contributed by atoms with van der Waals surface area (Å²) < 4.78 is 9.79. The van der Waals surface area contributed by atoms with Crippen molar-refractivity contribution in [1.82, 2.24) is 0 Å². The molecule has 1 heterocycles. The first-order valence-electron chi connectivity index (χ1n) is 7.28. The number of anilines is 1. The first-order valence-corrected chi connectivity index (χ1v) is 7.65. The highest BCUT2D eigenvalue weighted by atomic mass is 35.5. The third-order valence-corrected chi connectivity index (χ3v) is 4.24. The molecule has 2 rings (SSSR count). The van der Waals surface area contributed by atoms with Crippen LogP contribution in [0.25, 0.3) is 0 Å². The van der Waals surface area contributed by atoms with Gasteiger partial charge < -0.3 is 14.4 Å². The lowest BCUT2D eigenvalue weighted by Crippen LogP contribution is -2.37. The molecule has 1 unspecified atom stereocenters. The Hall–Kier alpha value is -1.86. The van der Waals surface area contributed by atoms with Crippen molar-refractivity contribution in [3.05, 3.63) is 32.8 Å². The van der Waals surface area contributed by atoms with Crippen LogP contribution in [0.5, 0.6) is 0 Å². The second-order valence-electron chi connectivity index (χ2n) is 5.48. The molecule has 0 aromatic heterocycles. The Morgan fingerprint density at radius 1 is 1.48 bits per heavy atom. The van der Waals surface area contributed by atoms with Crippen molar-refractivity contribution in [2.75, 3.05) is 38.8 Å². The number of nitro benzene ring substituents is 1. The van der Waals surface area contributed by atoms with Gasteiger partial charge in [0, 0.05) is 26.3 Å². The highest BCUT2D eigenvalue weighted by Gasteiger charge is 2.28. The van der Waals surface area contributed by atoms with Crippen LogP contribution in [0.4, 0.5) is 11.4 Å². The number of rotatable bonds is 5. The second kappa shape index (κ2) is 7.61. The quantitative estimate of drug-likeness (QED) is 0.465. The molecule has 0 radical (unpaired) electrons. The summed E-state index contributed by atoms with van der Waals surface area (Å²) in [6, 6.07) is 2.66. The standard InChI is InChI=1S/C15H19ClN2O5/c1-22-9-10-4-3-5-17(8-10)13-7-12(16)11(15(19)23-2)6-14(13)18(20)21/h6-7,10H,3-5,8-9H2,1-2H3. The van der Waals surface area contributed by atoms with Gasteiger partial charge in [-0.25, -0.2) is 4.79 Å². The van der Waals surface area contributed by atoms with E-state index in [0.29, 0.717) is 31.3 Å². The lowest BCUT2D eigenvalue weighted by molar-refractivity contribution is -0.384. The highest BCUT2D eigenvalue weighted by Crippen LogP contribution is 2.36. The molecule has 0 amide bonds. The van der Waals surface area contributed by atoms with E-state index < -0.39 is 10.9 Å². The Balaban J connectivity index is 2.39. The number of esters is 1. The first kappa shape index (κ1) is 17.5. The normalized spacial score (nSPS) is 17.9. The Bertz CT molecular complexity index is 606. The largest absolute Gasteiger partial charge is 0.465 e. The minimum atomic E-state index is -0.694. The van der Waals surface area contributed by atoms with Gasteiger partial charge in [-0.3, -0.25) is 10.1 Å².